The van der Waals surface area contributed by atoms with Crippen LogP contribution < -0.4 is 0 Å². The molecule has 0 aromatic heterocycles. The highest BCUT2D eigenvalue weighted by Gasteiger charge is 2.07. The number of nitro benzene ring substituents is 1. The molecule has 60 valence electrons. The number of nitro groups is 1. The number of rotatable bonds is 1. The van der Waals surface area contributed by atoms with Crippen LogP contribution in [-0.4, -0.2) is 10.4 Å². The summed E-state index contributed by atoms with van der Waals surface area (Å²) < 4.78 is 0.514. The first kappa shape index (κ1) is 10.1. The van der Waals surface area contributed by atoms with Crippen molar-refractivity contribution in [2.24, 2.45) is 0 Å². The first-order valence-corrected chi connectivity index (χ1v) is 3.40. The summed E-state index contributed by atoms with van der Waals surface area (Å²) in [6, 6.07) is 6.45. The van der Waals surface area contributed by atoms with E-state index in [9.17, 15) is 10.1 Å². The van der Waals surface area contributed by atoms with Crippen LogP contribution in [0, 0.1) is 10.1 Å². The van der Waals surface area contributed by atoms with Crippen molar-refractivity contribution in [1.29, 1.82) is 0 Å². The molecule has 0 spiro atoms. The van der Waals surface area contributed by atoms with Crippen LogP contribution in [0.5, 0.6) is 0 Å². The average molecular weight is 220 g/mol. The van der Waals surface area contributed by atoms with Gasteiger partial charge < -0.3 is 5.48 Å². The maximum absolute atomic E-state index is 10.2. The molecule has 0 atom stereocenters. The number of hydrogen-bond donors (Lipinski definition) is 0. The van der Waals surface area contributed by atoms with E-state index in [1.807, 2.05) is 0 Å². The molecule has 2 N–H and O–H groups in total. The molecular weight excluding hydrogens is 214 g/mol. The smallest absolute Gasteiger partial charge is 0.283 e. The van der Waals surface area contributed by atoms with Crippen LogP contribution >= 0.6 is 15.9 Å². The van der Waals surface area contributed by atoms with Crippen molar-refractivity contribution < 1.29 is 10.4 Å². The van der Waals surface area contributed by atoms with Gasteiger partial charge in [-0.15, -0.1) is 0 Å². The predicted molar refractivity (Wildman–Crippen MR) is 44.4 cm³/mol. The summed E-state index contributed by atoms with van der Waals surface area (Å²) in [5.74, 6) is 0. The SMILES string of the molecule is O.O=[N+]([O-])c1ccccc1Br. The van der Waals surface area contributed by atoms with Crippen LogP contribution in [0.3, 0.4) is 0 Å². The van der Waals surface area contributed by atoms with E-state index in [-0.39, 0.29) is 11.2 Å². The van der Waals surface area contributed by atoms with Gasteiger partial charge in [0.15, 0.2) is 0 Å². The van der Waals surface area contributed by atoms with Crippen LogP contribution in [0.15, 0.2) is 28.7 Å². The van der Waals surface area contributed by atoms with Crippen molar-refractivity contribution in [3.8, 4) is 0 Å². The molecule has 0 amide bonds. The lowest BCUT2D eigenvalue weighted by molar-refractivity contribution is -0.385. The van der Waals surface area contributed by atoms with Crippen molar-refractivity contribution in [2.45, 2.75) is 0 Å². The number of para-hydroxylation sites is 1. The van der Waals surface area contributed by atoms with E-state index >= 15 is 0 Å². The summed E-state index contributed by atoms with van der Waals surface area (Å²) in [6.07, 6.45) is 0. The van der Waals surface area contributed by atoms with Gasteiger partial charge in [0.1, 0.15) is 0 Å². The lowest BCUT2D eigenvalue weighted by atomic mass is 10.3. The van der Waals surface area contributed by atoms with Crippen molar-refractivity contribution in [2.75, 3.05) is 0 Å². The molecule has 1 rings (SSSR count). The molecule has 0 saturated carbocycles. The Morgan fingerprint density at radius 2 is 1.91 bits per heavy atom. The van der Waals surface area contributed by atoms with Gasteiger partial charge in [-0.2, -0.15) is 0 Å². The minimum Gasteiger partial charge on any atom is -0.412 e. The Morgan fingerprint density at radius 3 is 2.27 bits per heavy atom. The molecule has 0 aliphatic heterocycles. The minimum atomic E-state index is -0.427. The van der Waals surface area contributed by atoms with E-state index in [4.69, 9.17) is 0 Å². The van der Waals surface area contributed by atoms with Crippen LogP contribution in [-0.2, 0) is 0 Å². The van der Waals surface area contributed by atoms with Gasteiger partial charge in [0.2, 0.25) is 0 Å². The number of nitrogens with zero attached hydrogens (tertiary/aromatic N) is 1. The van der Waals surface area contributed by atoms with Crippen molar-refractivity contribution >= 4 is 21.6 Å². The Labute approximate surface area is 71.4 Å². The van der Waals surface area contributed by atoms with Crippen LogP contribution in [0.25, 0.3) is 0 Å². The molecule has 0 fully saturated rings. The standard InChI is InChI=1S/C6H4BrNO2.H2O/c7-5-3-1-2-4-6(5)8(9)10;/h1-4H;1H2. The summed E-state index contributed by atoms with van der Waals surface area (Å²) in [5, 5.41) is 10.2. The highest BCUT2D eigenvalue weighted by atomic mass is 79.9. The highest BCUT2D eigenvalue weighted by molar-refractivity contribution is 9.10. The molecule has 0 aliphatic carbocycles. The van der Waals surface area contributed by atoms with Gasteiger partial charge in [-0.1, -0.05) is 12.1 Å². The molecular formula is C6H6BrNO3. The fraction of sp³-hybridized carbons (Fsp3) is 0. The van der Waals surface area contributed by atoms with E-state index in [0.29, 0.717) is 4.47 Å². The van der Waals surface area contributed by atoms with Crippen molar-refractivity contribution in [1.82, 2.24) is 0 Å². The Morgan fingerprint density at radius 1 is 1.36 bits per heavy atom. The van der Waals surface area contributed by atoms with Gasteiger partial charge in [-0.25, -0.2) is 0 Å². The number of benzene rings is 1. The Bertz CT molecular complexity index is 264. The first-order valence-electron chi connectivity index (χ1n) is 2.61. The largest absolute Gasteiger partial charge is 0.412 e. The van der Waals surface area contributed by atoms with Gasteiger partial charge in [0.05, 0.1) is 9.40 Å². The van der Waals surface area contributed by atoms with Gasteiger partial charge in [0.25, 0.3) is 5.69 Å². The van der Waals surface area contributed by atoms with E-state index < -0.39 is 4.92 Å². The molecule has 5 heteroatoms. The molecule has 4 nitrogen and oxygen atoms in total. The van der Waals surface area contributed by atoms with E-state index in [0.717, 1.165) is 0 Å². The molecule has 1 aromatic rings. The Hall–Kier alpha value is -0.940. The minimum absolute atomic E-state index is 0. The van der Waals surface area contributed by atoms with Gasteiger partial charge in [-0.05, 0) is 22.0 Å². The zero-order chi connectivity index (χ0) is 7.56. The van der Waals surface area contributed by atoms with Crippen LogP contribution in [0.4, 0.5) is 5.69 Å². The third kappa shape index (κ3) is 2.28. The monoisotopic (exact) mass is 219 g/mol. The molecule has 0 bridgehead atoms. The van der Waals surface area contributed by atoms with Gasteiger partial charge in [0, 0.05) is 6.07 Å². The van der Waals surface area contributed by atoms with Crippen LogP contribution in [0.2, 0.25) is 0 Å². The molecule has 1 aromatic carbocycles. The maximum atomic E-state index is 10.2. The van der Waals surface area contributed by atoms with Crippen molar-refractivity contribution in [3.05, 3.63) is 38.9 Å². The van der Waals surface area contributed by atoms with Crippen molar-refractivity contribution in [3.63, 3.8) is 0 Å². The maximum Gasteiger partial charge on any atom is 0.283 e. The van der Waals surface area contributed by atoms with Gasteiger partial charge >= 0.3 is 0 Å². The summed E-state index contributed by atoms with van der Waals surface area (Å²) in [5.41, 5.74) is 0.0995. The normalized spacial score (nSPS) is 8.45. The zero-order valence-corrected chi connectivity index (χ0v) is 7.04. The Kier molecular flexibility index (Phi) is 3.70. The van der Waals surface area contributed by atoms with Gasteiger partial charge in [-0.3, -0.25) is 10.1 Å². The second-order valence-corrected chi connectivity index (χ2v) is 2.56. The van der Waals surface area contributed by atoms with Crippen LogP contribution in [0.1, 0.15) is 0 Å². The fourth-order valence-corrected chi connectivity index (χ4v) is 1.03. The third-order valence-electron chi connectivity index (χ3n) is 1.05. The summed E-state index contributed by atoms with van der Waals surface area (Å²) in [4.78, 5) is 9.77. The van der Waals surface area contributed by atoms with E-state index in [1.165, 1.54) is 6.07 Å². The molecule has 0 radical (unpaired) electrons. The first-order chi connectivity index (χ1) is 4.72. The van der Waals surface area contributed by atoms with E-state index in [1.54, 1.807) is 18.2 Å². The molecule has 0 saturated heterocycles. The lowest BCUT2D eigenvalue weighted by Crippen LogP contribution is -1.87. The predicted octanol–water partition coefficient (Wildman–Crippen LogP) is 1.53. The van der Waals surface area contributed by atoms with E-state index in [2.05, 4.69) is 15.9 Å². The quantitative estimate of drug-likeness (QED) is 0.531. The lowest BCUT2D eigenvalue weighted by Gasteiger charge is -1.91. The zero-order valence-electron chi connectivity index (χ0n) is 5.45. The topological polar surface area (TPSA) is 74.6 Å². The molecule has 0 heterocycles. The average Bonchev–Trinajstić information content (AvgIpc) is 1.88. The highest BCUT2D eigenvalue weighted by Crippen LogP contribution is 2.22. The molecule has 0 aliphatic rings. The third-order valence-corrected chi connectivity index (χ3v) is 1.72. The summed E-state index contributed by atoms with van der Waals surface area (Å²) >= 11 is 3.06. The molecule has 11 heavy (non-hydrogen) atoms. The summed E-state index contributed by atoms with van der Waals surface area (Å²) in [6.45, 7) is 0. The number of halogens is 1. The number of hydrogen-bond acceptors (Lipinski definition) is 2. The second kappa shape index (κ2) is 4.05. The fourth-order valence-electron chi connectivity index (χ4n) is 0.600. The second-order valence-electron chi connectivity index (χ2n) is 1.71. The Balaban J connectivity index is 0.000001000. The molecule has 0 unspecified atom stereocenters. The summed E-state index contributed by atoms with van der Waals surface area (Å²) in [7, 11) is 0.